The van der Waals surface area contributed by atoms with E-state index in [4.69, 9.17) is 4.74 Å². The summed E-state index contributed by atoms with van der Waals surface area (Å²) in [6.45, 7) is 4.57. The maximum atomic E-state index is 6.01. The minimum Gasteiger partial charge on any atom is -0.493 e. The van der Waals surface area contributed by atoms with E-state index >= 15 is 0 Å². The molecule has 5 heteroatoms. The lowest BCUT2D eigenvalue weighted by atomic mass is 10.2. The molecule has 1 saturated carbocycles. The first kappa shape index (κ1) is 15.3. The standard InChI is InChI=1S/C17H20BrN3O/c1-2-21(17-4-3-9-19-20-17)11-14-10-15(18)7-8-16(14)22-12-13-5-6-13/h3-4,7-10,13H,2,5-6,11-12H2,1H3. The molecule has 0 radical (unpaired) electrons. The monoisotopic (exact) mass is 361 g/mol. The summed E-state index contributed by atoms with van der Waals surface area (Å²) in [5.41, 5.74) is 1.17. The Morgan fingerprint density at radius 2 is 2.18 bits per heavy atom. The zero-order valence-electron chi connectivity index (χ0n) is 12.7. The van der Waals surface area contributed by atoms with Gasteiger partial charge in [-0.05, 0) is 56.0 Å². The molecule has 1 aromatic carbocycles. The van der Waals surface area contributed by atoms with Crippen LogP contribution in [0.25, 0.3) is 0 Å². The van der Waals surface area contributed by atoms with Crippen molar-refractivity contribution in [2.45, 2.75) is 26.3 Å². The van der Waals surface area contributed by atoms with Crippen molar-refractivity contribution in [1.29, 1.82) is 0 Å². The molecule has 1 heterocycles. The van der Waals surface area contributed by atoms with Crippen molar-refractivity contribution in [2.24, 2.45) is 5.92 Å². The average molecular weight is 362 g/mol. The van der Waals surface area contributed by atoms with Crippen LogP contribution in [0.4, 0.5) is 5.82 Å². The van der Waals surface area contributed by atoms with E-state index in [1.54, 1.807) is 6.20 Å². The van der Waals surface area contributed by atoms with E-state index in [2.05, 4.69) is 44.0 Å². The molecule has 0 amide bonds. The lowest BCUT2D eigenvalue weighted by Crippen LogP contribution is -2.23. The summed E-state index contributed by atoms with van der Waals surface area (Å²) in [6.07, 6.45) is 4.29. The molecular formula is C17H20BrN3O. The minimum absolute atomic E-state index is 0.749. The van der Waals surface area contributed by atoms with Gasteiger partial charge in [0.25, 0.3) is 0 Å². The second-order valence-corrected chi connectivity index (χ2v) is 6.52. The van der Waals surface area contributed by atoms with E-state index in [1.807, 2.05) is 24.3 Å². The molecule has 0 saturated heterocycles. The quantitative estimate of drug-likeness (QED) is 0.745. The van der Waals surface area contributed by atoms with Crippen molar-refractivity contribution in [2.75, 3.05) is 18.1 Å². The van der Waals surface area contributed by atoms with Crippen molar-refractivity contribution in [3.05, 3.63) is 46.6 Å². The van der Waals surface area contributed by atoms with Gasteiger partial charge in [0.2, 0.25) is 0 Å². The van der Waals surface area contributed by atoms with Gasteiger partial charge in [-0.2, -0.15) is 5.10 Å². The van der Waals surface area contributed by atoms with Gasteiger partial charge in [-0.1, -0.05) is 15.9 Å². The van der Waals surface area contributed by atoms with Crippen LogP contribution >= 0.6 is 15.9 Å². The summed E-state index contributed by atoms with van der Waals surface area (Å²) in [7, 11) is 0. The highest BCUT2D eigenvalue weighted by atomic mass is 79.9. The van der Waals surface area contributed by atoms with Crippen LogP contribution in [0.1, 0.15) is 25.3 Å². The van der Waals surface area contributed by atoms with Crippen molar-refractivity contribution in [3.8, 4) is 5.75 Å². The summed E-state index contributed by atoms with van der Waals surface area (Å²) in [6, 6.07) is 10.1. The Hall–Kier alpha value is -1.62. The van der Waals surface area contributed by atoms with E-state index in [1.165, 1.54) is 18.4 Å². The molecule has 116 valence electrons. The van der Waals surface area contributed by atoms with Crippen molar-refractivity contribution >= 4 is 21.7 Å². The first-order valence-electron chi connectivity index (χ1n) is 7.70. The van der Waals surface area contributed by atoms with E-state index in [-0.39, 0.29) is 0 Å². The fourth-order valence-corrected chi connectivity index (χ4v) is 2.74. The van der Waals surface area contributed by atoms with Crippen LogP contribution in [-0.4, -0.2) is 23.3 Å². The summed E-state index contributed by atoms with van der Waals surface area (Å²) < 4.78 is 7.08. The zero-order chi connectivity index (χ0) is 15.4. The molecule has 3 rings (SSSR count). The number of anilines is 1. The highest BCUT2D eigenvalue weighted by Gasteiger charge is 2.22. The van der Waals surface area contributed by atoms with E-state index in [0.29, 0.717) is 0 Å². The normalized spacial score (nSPS) is 13.9. The topological polar surface area (TPSA) is 38.2 Å². The molecule has 0 bridgehead atoms. The number of hydrogen-bond acceptors (Lipinski definition) is 4. The minimum atomic E-state index is 0.749. The van der Waals surface area contributed by atoms with Crippen LogP contribution in [-0.2, 0) is 6.54 Å². The number of aromatic nitrogens is 2. The fraction of sp³-hybridized carbons (Fsp3) is 0.412. The van der Waals surface area contributed by atoms with Crippen molar-refractivity contribution in [3.63, 3.8) is 0 Å². The number of ether oxygens (including phenoxy) is 1. The van der Waals surface area contributed by atoms with Crippen molar-refractivity contribution in [1.82, 2.24) is 10.2 Å². The molecule has 4 nitrogen and oxygen atoms in total. The van der Waals surface area contributed by atoms with Crippen LogP contribution in [0.5, 0.6) is 5.75 Å². The number of hydrogen-bond donors (Lipinski definition) is 0. The SMILES string of the molecule is CCN(Cc1cc(Br)ccc1OCC1CC1)c1cccnn1. The smallest absolute Gasteiger partial charge is 0.151 e. The second-order valence-electron chi connectivity index (χ2n) is 5.60. The van der Waals surface area contributed by atoms with Gasteiger partial charge in [0.1, 0.15) is 5.75 Å². The number of benzene rings is 1. The maximum Gasteiger partial charge on any atom is 0.151 e. The molecular weight excluding hydrogens is 342 g/mol. The highest BCUT2D eigenvalue weighted by Crippen LogP contribution is 2.31. The third kappa shape index (κ3) is 3.97. The fourth-order valence-electron chi connectivity index (χ4n) is 2.33. The Morgan fingerprint density at radius 3 is 2.86 bits per heavy atom. The Bertz CT molecular complexity index is 617. The molecule has 1 aliphatic carbocycles. The third-order valence-corrected chi connectivity index (χ3v) is 4.31. The number of halogens is 1. The van der Waals surface area contributed by atoms with Gasteiger partial charge < -0.3 is 9.64 Å². The lowest BCUT2D eigenvalue weighted by Gasteiger charge is -2.23. The highest BCUT2D eigenvalue weighted by molar-refractivity contribution is 9.10. The third-order valence-electron chi connectivity index (χ3n) is 3.82. The lowest BCUT2D eigenvalue weighted by molar-refractivity contribution is 0.296. The van der Waals surface area contributed by atoms with E-state index in [0.717, 1.165) is 41.7 Å². The Labute approximate surface area is 139 Å². The molecule has 0 spiro atoms. The van der Waals surface area contributed by atoms with Gasteiger partial charge >= 0.3 is 0 Å². The Balaban J connectivity index is 1.78. The van der Waals surface area contributed by atoms with Gasteiger partial charge in [0, 0.05) is 29.3 Å². The van der Waals surface area contributed by atoms with Crippen LogP contribution in [0.15, 0.2) is 41.0 Å². The molecule has 1 aliphatic rings. The van der Waals surface area contributed by atoms with Gasteiger partial charge in [-0.15, -0.1) is 5.10 Å². The van der Waals surface area contributed by atoms with Gasteiger partial charge in [0.05, 0.1) is 6.61 Å². The molecule has 1 fully saturated rings. The van der Waals surface area contributed by atoms with Gasteiger partial charge in [0.15, 0.2) is 5.82 Å². The van der Waals surface area contributed by atoms with E-state index in [9.17, 15) is 0 Å². The van der Waals surface area contributed by atoms with Crippen LogP contribution in [0.3, 0.4) is 0 Å². The number of nitrogens with zero attached hydrogens (tertiary/aromatic N) is 3. The van der Waals surface area contributed by atoms with Crippen LogP contribution < -0.4 is 9.64 Å². The van der Waals surface area contributed by atoms with Crippen LogP contribution in [0, 0.1) is 5.92 Å². The molecule has 0 N–H and O–H groups in total. The average Bonchev–Trinajstić information content (AvgIpc) is 3.37. The van der Waals surface area contributed by atoms with Crippen LogP contribution in [0.2, 0.25) is 0 Å². The number of rotatable bonds is 7. The summed E-state index contributed by atoms with van der Waals surface area (Å²) in [5, 5.41) is 8.18. The Kier molecular flexibility index (Phi) is 4.93. The summed E-state index contributed by atoms with van der Waals surface area (Å²) in [4.78, 5) is 2.19. The molecule has 1 aromatic heterocycles. The predicted molar refractivity (Wildman–Crippen MR) is 91.1 cm³/mol. The van der Waals surface area contributed by atoms with Gasteiger partial charge in [-0.25, -0.2) is 0 Å². The first-order valence-corrected chi connectivity index (χ1v) is 8.49. The molecule has 0 atom stereocenters. The zero-order valence-corrected chi connectivity index (χ0v) is 14.3. The second kappa shape index (κ2) is 7.09. The van der Waals surface area contributed by atoms with E-state index < -0.39 is 0 Å². The predicted octanol–water partition coefficient (Wildman–Crippen LogP) is 4.05. The first-order chi connectivity index (χ1) is 10.8. The maximum absolute atomic E-state index is 6.01. The largest absolute Gasteiger partial charge is 0.493 e. The Morgan fingerprint density at radius 1 is 1.32 bits per heavy atom. The van der Waals surface area contributed by atoms with Gasteiger partial charge in [-0.3, -0.25) is 0 Å². The molecule has 2 aromatic rings. The molecule has 0 unspecified atom stereocenters. The molecule has 22 heavy (non-hydrogen) atoms. The summed E-state index contributed by atoms with van der Waals surface area (Å²) >= 11 is 3.55. The van der Waals surface area contributed by atoms with Crippen molar-refractivity contribution < 1.29 is 4.74 Å². The summed E-state index contributed by atoms with van der Waals surface area (Å²) in [5.74, 6) is 2.61. The molecule has 0 aliphatic heterocycles.